The van der Waals surface area contributed by atoms with Crippen molar-refractivity contribution in [2.45, 2.75) is 20.8 Å². The summed E-state index contributed by atoms with van der Waals surface area (Å²) in [5.74, 6) is 0.942. The molecule has 16 heavy (non-hydrogen) atoms. The third-order valence-corrected chi connectivity index (χ3v) is 3.01. The van der Waals surface area contributed by atoms with Crippen LogP contribution in [-0.2, 0) is 0 Å². The predicted molar refractivity (Wildman–Crippen MR) is 72.4 cm³/mol. The summed E-state index contributed by atoms with van der Waals surface area (Å²) in [6, 6.07) is 3.77. The highest BCUT2D eigenvalue weighted by Crippen LogP contribution is 2.27. The summed E-state index contributed by atoms with van der Waals surface area (Å²) in [5, 5.41) is 0.727. The number of thiocarbonyl (C=S) groups is 1. The SMILES string of the molecule is Cc1cc(Cl)cc(C)c1OCC(C)C(N)=S. The Morgan fingerprint density at radius 3 is 2.38 bits per heavy atom. The second-order valence-corrected chi connectivity index (χ2v) is 4.89. The van der Waals surface area contributed by atoms with Gasteiger partial charge in [0.2, 0.25) is 0 Å². The van der Waals surface area contributed by atoms with Gasteiger partial charge in [0.15, 0.2) is 0 Å². The number of ether oxygens (including phenoxy) is 1. The summed E-state index contributed by atoms with van der Waals surface area (Å²) in [6.07, 6.45) is 0. The minimum atomic E-state index is 0.0736. The van der Waals surface area contributed by atoms with Crippen LogP contribution < -0.4 is 10.5 Å². The number of nitrogens with two attached hydrogens (primary N) is 1. The van der Waals surface area contributed by atoms with Gasteiger partial charge in [-0.3, -0.25) is 0 Å². The highest BCUT2D eigenvalue weighted by molar-refractivity contribution is 7.80. The Kier molecular flexibility index (Phi) is 4.56. The Bertz CT molecular complexity index is 383. The Morgan fingerprint density at radius 1 is 1.44 bits per heavy atom. The van der Waals surface area contributed by atoms with Crippen molar-refractivity contribution in [2.24, 2.45) is 11.7 Å². The van der Waals surface area contributed by atoms with Crippen molar-refractivity contribution in [2.75, 3.05) is 6.61 Å². The molecule has 0 saturated heterocycles. The number of benzene rings is 1. The predicted octanol–water partition coefficient (Wildman–Crippen LogP) is 3.26. The molecule has 0 spiro atoms. The zero-order chi connectivity index (χ0) is 12.3. The van der Waals surface area contributed by atoms with Crippen molar-refractivity contribution in [1.82, 2.24) is 0 Å². The van der Waals surface area contributed by atoms with Crippen LogP contribution in [0.1, 0.15) is 18.1 Å². The number of aryl methyl sites for hydroxylation is 2. The van der Waals surface area contributed by atoms with Gasteiger partial charge in [0.25, 0.3) is 0 Å². The molecule has 0 aliphatic heterocycles. The molecule has 0 aliphatic rings. The molecule has 88 valence electrons. The number of halogens is 1. The average Bonchev–Trinajstić information content (AvgIpc) is 2.15. The maximum Gasteiger partial charge on any atom is 0.125 e. The molecule has 1 aromatic carbocycles. The van der Waals surface area contributed by atoms with E-state index >= 15 is 0 Å². The highest BCUT2D eigenvalue weighted by atomic mass is 35.5. The molecule has 0 amide bonds. The van der Waals surface area contributed by atoms with Crippen LogP contribution in [0.5, 0.6) is 5.75 Å². The van der Waals surface area contributed by atoms with E-state index in [4.69, 9.17) is 34.3 Å². The smallest absolute Gasteiger partial charge is 0.125 e. The molecule has 0 radical (unpaired) electrons. The molecule has 1 atom stereocenters. The molecule has 0 saturated carbocycles. The molecular weight excluding hydrogens is 242 g/mol. The van der Waals surface area contributed by atoms with Crippen molar-refractivity contribution < 1.29 is 4.74 Å². The second-order valence-electron chi connectivity index (χ2n) is 3.98. The lowest BCUT2D eigenvalue weighted by atomic mass is 10.1. The lowest BCUT2D eigenvalue weighted by Gasteiger charge is -2.15. The lowest BCUT2D eigenvalue weighted by Crippen LogP contribution is -2.24. The Morgan fingerprint density at radius 2 is 1.94 bits per heavy atom. The quantitative estimate of drug-likeness (QED) is 0.841. The lowest BCUT2D eigenvalue weighted by molar-refractivity contribution is 0.290. The molecule has 0 fully saturated rings. The first-order chi connectivity index (χ1) is 7.41. The van der Waals surface area contributed by atoms with E-state index < -0.39 is 0 Å². The number of rotatable bonds is 4. The number of hydrogen-bond donors (Lipinski definition) is 1. The maximum atomic E-state index is 5.94. The van der Waals surface area contributed by atoms with Crippen LogP contribution in [-0.4, -0.2) is 11.6 Å². The van der Waals surface area contributed by atoms with Crippen molar-refractivity contribution in [3.8, 4) is 5.75 Å². The first-order valence-corrected chi connectivity index (χ1v) is 5.89. The fourth-order valence-electron chi connectivity index (χ4n) is 1.42. The van der Waals surface area contributed by atoms with Crippen molar-refractivity contribution >= 4 is 28.8 Å². The maximum absolute atomic E-state index is 5.94. The van der Waals surface area contributed by atoms with Crippen molar-refractivity contribution in [3.05, 3.63) is 28.3 Å². The van der Waals surface area contributed by atoms with E-state index in [1.54, 1.807) is 0 Å². The minimum absolute atomic E-state index is 0.0736. The topological polar surface area (TPSA) is 35.2 Å². The summed E-state index contributed by atoms with van der Waals surface area (Å²) in [5.41, 5.74) is 7.59. The molecule has 2 N–H and O–H groups in total. The summed E-state index contributed by atoms with van der Waals surface area (Å²) in [4.78, 5) is 0.476. The zero-order valence-corrected chi connectivity index (χ0v) is 11.3. The third kappa shape index (κ3) is 3.35. The summed E-state index contributed by atoms with van der Waals surface area (Å²) >= 11 is 10.8. The molecule has 1 rings (SSSR count). The monoisotopic (exact) mass is 257 g/mol. The fourth-order valence-corrected chi connectivity index (χ4v) is 1.81. The van der Waals surface area contributed by atoms with E-state index in [1.807, 2.05) is 32.9 Å². The van der Waals surface area contributed by atoms with Crippen LogP contribution in [0.2, 0.25) is 5.02 Å². The number of hydrogen-bond acceptors (Lipinski definition) is 2. The van der Waals surface area contributed by atoms with Crippen LogP contribution in [0.15, 0.2) is 12.1 Å². The van der Waals surface area contributed by atoms with Gasteiger partial charge >= 0.3 is 0 Å². The van der Waals surface area contributed by atoms with Gasteiger partial charge in [-0.15, -0.1) is 0 Å². The molecule has 0 aliphatic carbocycles. The summed E-state index contributed by atoms with van der Waals surface area (Å²) in [7, 11) is 0. The van der Waals surface area contributed by atoms with Crippen LogP contribution in [0, 0.1) is 19.8 Å². The molecule has 1 unspecified atom stereocenters. The largest absolute Gasteiger partial charge is 0.492 e. The van der Waals surface area contributed by atoms with Crippen LogP contribution in [0.3, 0.4) is 0 Å². The Hall–Kier alpha value is -0.800. The first kappa shape index (κ1) is 13.3. The minimum Gasteiger partial charge on any atom is -0.492 e. The van der Waals surface area contributed by atoms with Gasteiger partial charge in [0.1, 0.15) is 5.75 Å². The first-order valence-electron chi connectivity index (χ1n) is 5.10. The van der Waals surface area contributed by atoms with E-state index in [1.165, 1.54) is 0 Å². The van der Waals surface area contributed by atoms with E-state index in [9.17, 15) is 0 Å². The van der Waals surface area contributed by atoms with Crippen LogP contribution >= 0.6 is 23.8 Å². The van der Waals surface area contributed by atoms with E-state index in [-0.39, 0.29) is 5.92 Å². The molecule has 0 aromatic heterocycles. The standard InChI is InChI=1S/C12H16ClNOS/c1-7-4-10(13)5-8(2)11(7)15-6-9(3)12(14)16/h4-5,9H,6H2,1-3H3,(H2,14,16). The molecule has 4 heteroatoms. The van der Waals surface area contributed by atoms with Gasteiger partial charge < -0.3 is 10.5 Å². The summed E-state index contributed by atoms with van der Waals surface area (Å²) < 4.78 is 5.72. The van der Waals surface area contributed by atoms with Crippen LogP contribution in [0.4, 0.5) is 0 Å². The van der Waals surface area contributed by atoms with Gasteiger partial charge in [0.05, 0.1) is 11.6 Å². The average molecular weight is 258 g/mol. The Labute approximate surface area is 107 Å². The van der Waals surface area contributed by atoms with Gasteiger partial charge in [-0.1, -0.05) is 30.7 Å². The van der Waals surface area contributed by atoms with Gasteiger partial charge in [-0.25, -0.2) is 0 Å². The summed E-state index contributed by atoms with van der Waals surface area (Å²) in [6.45, 7) is 6.39. The van der Waals surface area contributed by atoms with Crippen molar-refractivity contribution in [3.63, 3.8) is 0 Å². The molecule has 0 heterocycles. The molecular formula is C12H16ClNOS. The van der Waals surface area contributed by atoms with E-state index in [0.29, 0.717) is 11.6 Å². The van der Waals surface area contributed by atoms with Crippen LogP contribution in [0.25, 0.3) is 0 Å². The second kappa shape index (κ2) is 5.51. The van der Waals surface area contributed by atoms with Gasteiger partial charge in [-0.2, -0.15) is 0 Å². The van der Waals surface area contributed by atoms with E-state index in [0.717, 1.165) is 21.9 Å². The molecule has 1 aromatic rings. The van der Waals surface area contributed by atoms with Gasteiger partial charge in [-0.05, 0) is 37.1 Å². The third-order valence-electron chi connectivity index (χ3n) is 2.39. The van der Waals surface area contributed by atoms with Gasteiger partial charge in [0, 0.05) is 10.9 Å². The fraction of sp³-hybridized carbons (Fsp3) is 0.417. The Balaban J connectivity index is 2.78. The molecule has 2 nitrogen and oxygen atoms in total. The zero-order valence-electron chi connectivity index (χ0n) is 9.71. The van der Waals surface area contributed by atoms with Crippen molar-refractivity contribution in [1.29, 1.82) is 0 Å². The molecule has 0 bridgehead atoms. The highest BCUT2D eigenvalue weighted by Gasteiger charge is 2.10. The van der Waals surface area contributed by atoms with E-state index in [2.05, 4.69) is 0 Å². The normalized spacial score (nSPS) is 12.2.